The van der Waals surface area contributed by atoms with Crippen molar-refractivity contribution in [2.24, 2.45) is 12.8 Å². The number of aryl methyl sites for hydroxylation is 2. The second-order valence-electron chi connectivity index (χ2n) is 4.31. The first-order valence-electron chi connectivity index (χ1n) is 5.80. The predicted octanol–water partition coefficient (Wildman–Crippen LogP) is 2.38. The van der Waals surface area contributed by atoms with Crippen LogP contribution in [0.3, 0.4) is 0 Å². The van der Waals surface area contributed by atoms with Crippen LogP contribution >= 0.6 is 28.1 Å². The predicted molar refractivity (Wildman–Crippen MR) is 85.9 cm³/mol. The van der Waals surface area contributed by atoms with Gasteiger partial charge in [0.15, 0.2) is 0 Å². The van der Waals surface area contributed by atoms with Crippen LogP contribution in [0.25, 0.3) is 0 Å². The summed E-state index contributed by atoms with van der Waals surface area (Å²) < 4.78 is 2.26. The summed E-state index contributed by atoms with van der Waals surface area (Å²) in [7, 11) is 1.73. The Morgan fingerprint density at radius 1 is 1.45 bits per heavy atom. The molecule has 0 aliphatic heterocycles. The van der Waals surface area contributed by atoms with E-state index in [4.69, 9.17) is 18.0 Å². The fourth-order valence-electron chi connectivity index (χ4n) is 1.78. The maximum Gasteiger partial charge on any atom is 0.273 e. The van der Waals surface area contributed by atoms with E-state index in [9.17, 15) is 4.79 Å². The van der Waals surface area contributed by atoms with Crippen LogP contribution in [0.2, 0.25) is 0 Å². The molecule has 0 saturated heterocycles. The summed E-state index contributed by atoms with van der Waals surface area (Å²) in [4.78, 5) is 12.5. The summed E-state index contributed by atoms with van der Waals surface area (Å²) in [5.74, 6) is -0.225. The van der Waals surface area contributed by atoms with Crippen molar-refractivity contribution >= 4 is 44.7 Å². The number of hydrogen-bond acceptors (Lipinski definition) is 3. The molecule has 2 rings (SSSR count). The number of nitrogens with two attached hydrogens (primary N) is 1. The maximum atomic E-state index is 12.2. The monoisotopic (exact) mass is 352 g/mol. The molecule has 3 N–H and O–H groups in total. The fourth-order valence-corrected chi connectivity index (χ4v) is 2.38. The van der Waals surface area contributed by atoms with Crippen molar-refractivity contribution in [3.63, 3.8) is 0 Å². The van der Waals surface area contributed by atoms with Crippen molar-refractivity contribution in [3.05, 3.63) is 45.7 Å². The van der Waals surface area contributed by atoms with Crippen LogP contribution in [0, 0.1) is 6.92 Å². The maximum absolute atomic E-state index is 12.2. The van der Waals surface area contributed by atoms with Gasteiger partial charge in [-0.25, -0.2) is 0 Å². The van der Waals surface area contributed by atoms with Crippen LogP contribution in [0.4, 0.5) is 5.69 Å². The number of aromatic nitrogens is 2. The lowest BCUT2D eigenvalue weighted by atomic mass is 10.2. The number of thiocarbonyl (C=S) groups is 1. The Morgan fingerprint density at radius 3 is 2.65 bits per heavy atom. The van der Waals surface area contributed by atoms with Gasteiger partial charge in [-0.1, -0.05) is 12.2 Å². The van der Waals surface area contributed by atoms with Crippen LogP contribution in [0.15, 0.2) is 28.7 Å². The Kier molecular flexibility index (Phi) is 4.20. The van der Waals surface area contributed by atoms with E-state index >= 15 is 0 Å². The molecule has 0 aliphatic rings. The van der Waals surface area contributed by atoms with Gasteiger partial charge in [-0.3, -0.25) is 9.48 Å². The summed E-state index contributed by atoms with van der Waals surface area (Å²) >= 11 is 8.30. The lowest BCUT2D eigenvalue weighted by molar-refractivity contribution is 0.101. The van der Waals surface area contributed by atoms with Gasteiger partial charge in [-0.2, -0.15) is 5.10 Å². The van der Waals surface area contributed by atoms with E-state index in [1.54, 1.807) is 36.0 Å². The second-order valence-corrected chi connectivity index (χ2v) is 5.60. The summed E-state index contributed by atoms with van der Waals surface area (Å²) in [6, 6.07) is 7.01. The fraction of sp³-hybridized carbons (Fsp3) is 0.154. The minimum Gasteiger partial charge on any atom is -0.389 e. The molecule has 1 amide bonds. The molecule has 0 saturated carbocycles. The number of amides is 1. The first kappa shape index (κ1) is 14.7. The molecule has 7 heteroatoms. The van der Waals surface area contributed by atoms with Crippen LogP contribution < -0.4 is 11.1 Å². The van der Waals surface area contributed by atoms with E-state index in [0.29, 0.717) is 16.4 Å². The number of nitrogens with one attached hydrogen (secondary N) is 1. The number of benzene rings is 1. The van der Waals surface area contributed by atoms with Gasteiger partial charge in [0.05, 0.1) is 11.4 Å². The highest BCUT2D eigenvalue weighted by Crippen LogP contribution is 2.24. The Labute approximate surface area is 130 Å². The number of halogens is 1. The van der Waals surface area contributed by atoms with E-state index in [2.05, 4.69) is 26.3 Å². The molecule has 0 fully saturated rings. The van der Waals surface area contributed by atoms with Crippen LogP contribution in [0.5, 0.6) is 0 Å². The molecule has 1 aromatic heterocycles. The number of rotatable bonds is 3. The highest BCUT2D eigenvalue weighted by molar-refractivity contribution is 9.10. The van der Waals surface area contributed by atoms with E-state index in [-0.39, 0.29) is 5.91 Å². The highest BCUT2D eigenvalue weighted by Gasteiger charge is 2.13. The Balaban J connectivity index is 2.24. The largest absolute Gasteiger partial charge is 0.389 e. The molecule has 0 unspecified atom stereocenters. The van der Waals surface area contributed by atoms with Gasteiger partial charge in [-0.15, -0.1) is 0 Å². The van der Waals surface area contributed by atoms with E-state index in [1.165, 1.54) is 0 Å². The molecule has 1 heterocycles. The lowest BCUT2D eigenvalue weighted by Gasteiger charge is -2.09. The lowest BCUT2D eigenvalue weighted by Crippen LogP contribution is -2.16. The zero-order valence-electron chi connectivity index (χ0n) is 11.0. The van der Waals surface area contributed by atoms with Crippen molar-refractivity contribution in [1.29, 1.82) is 0 Å². The van der Waals surface area contributed by atoms with Crippen LogP contribution in [-0.2, 0) is 7.05 Å². The molecule has 5 nitrogen and oxygen atoms in total. The number of carbonyl (C=O) groups is 1. The van der Waals surface area contributed by atoms with Gasteiger partial charge in [0.1, 0.15) is 10.7 Å². The summed E-state index contributed by atoms with van der Waals surface area (Å²) in [5.41, 5.74) is 8.23. The highest BCUT2D eigenvalue weighted by atomic mass is 79.9. The third kappa shape index (κ3) is 3.05. The first-order valence-corrected chi connectivity index (χ1v) is 7.00. The number of nitrogens with zero attached hydrogens (tertiary/aromatic N) is 2. The van der Waals surface area contributed by atoms with E-state index in [0.717, 1.165) is 15.7 Å². The Bertz CT molecular complexity index is 696. The number of carbonyl (C=O) groups excluding carboxylic acids is 1. The molecule has 20 heavy (non-hydrogen) atoms. The summed E-state index contributed by atoms with van der Waals surface area (Å²) in [5, 5.41) is 6.96. The zero-order valence-corrected chi connectivity index (χ0v) is 13.4. The van der Waals surface area contributed by atoms with Gasteiger partial charge in [-0.05, 0) is 47.1 Å². The SMILES string of the molecule is Cc1cc(C(=O)Nc2ccc(C(N)=S)cc2Br)n(C)n1. The Hall–Kier alpha value is -1.73. The minimum atomic E-state index is -0.225. The van der Waals surface area contributed by atoms with Gasteiger partial charge < -0.3 is 11.1 Å². The van der Waals surface area contributed by atoms with Gasteiger partial charge in [0, 0.05) is 17.1 Å². The second kappa shape index (κ2) is 5.72. The molecular weight excluding hydrogens is 340 g/mol. The molecule has 0 spiro atoms. The minimum absolute atomic E-state index is 0.225. The molecular formula is C13H13BrN4OS. The van der Waals surface area contributed by atoms with Gasteiger partial charge >= 0.3 is 0 Å². The van der Waals surface area contributed by atoms with Crippen molar-refractivity contribution < 1.29 is 4.79 Å². The third-order valence-corrected chi connectivity index (χ3v) is 3.63. The van der Waals surface area contributed by atoms with E-state index < -0.39 is 0 Å². The normalized spacial score (nSPS) is 10.3. The molecule has 0 atom stereocenters. The topological polar surface area (TPSA) is 72.9 Å². The van der Waals surface area contributed by atoms with Crippen LogP contribution in [0.1, 0.15) is 21.7 Å². The number of anilines is 1. The average molecular weight is 353 g/mol. The molecule has 0 aliphatic carbocycles. The zero-order chi connectivity index (χ0) is 14.9. The molecule has 0 bridgehead atoms. The first-order chi connectivity index (χ1) is 9.38. The quantitative estimate of drug-likeness (QED) is 0.831. The van der Waals surface area contributed by atoms with Crippen LogP contribution in [-0.4, -0.2) is 20.7 Å². The van der Waals surface area contributed by atoms with E-state index in [1.807, 2.05) is 6.92 Å². The molecule has 104 valence electrons. The smallest absolute Gasteiger partial charge is 0.273 e. The number of hydrogen-bond donors (Lipinski definition) is 2. The molecule has 2 aromatic rings. The molecule has 1 aromatic carbocycles. The summed E-state index contributed by atoms with van der Waals surface area (Å²) in [6.45, 7) is 1.84. The van der Waals surface area contributed by atoms with Gasteiger partial charge in [0.2, 0.25) is 0 Å². The van der Waals surface area contributed by atoms with Crippen molar-refractivity contribution in [3.8, 4) is 0 Å². The van der Waals surface area contributed by atoms with Crippen molar-refractivity contribution in [2.45, 2.75) is 6.92 Å². The van der Waals surface area contributed by atoms with Crippen molar-refractivity contribution in [1.82, 2.24) is 9.78 Å². The summed E-state index contributed by atoms with van der Waals surface area (Å²) in [6.07, 6.45) is 0. The third-order valence-electron chi connectivity index (χ3n) is 2.74. The van der Waals surface area contributed by atoms with Gasteiger partial charge in [0.25, 0.3) is 5.91 Å². The average Bonchev–Trinajstić information content (AvgIpc) is 2.70. The standard InChI is InChI=1S/C13H13BrN4OS/c1-7-5-11(18(2)17-7)13(19)16-10-4-3-8(12(15)20)6-9(10)14/h3-6H,1-2H3,(H2,15,20)(H,16,19). The molecule has 0 radical (unpaired) electrons. The Morgan fingerprint density at radius 2 is 2.15 bits per heavy atom. The van der Waals surface area contributed by atoms with Crippen molar-refractivity contribution in [2.75, 3.05) is 5.32 Å².